The second-order valence-corrected chi connectivity index (χ2v) is 17.3. The van der Waals surface area contributed by atoms with Crippen LogP contribution in [0.4, 0.5) is 0 Å². The zero-order chi connectivity index (χ0) is 50.7. The Hall–Kier alpha value is -5.52. The first-order chi connectivity index (χ1) is 32.8. The van der Waals surface area contributed by atoms with Crippen LogP contribution in [0.25, 0.3) is 0 Å². The van der Waals surface area contributed by atoms with Gasteiger partial charge in [0.05, 0.1) is 59.8 Å². The average Bonchev–Trinajstić information content (AvgIpc) is 3.36. The molecule has 68 heavy (non-hydrogen) atoms. The Labute approximate surface area is 406 Å². The predicted molar refractivity (Wildman–Crippen MR) is 268 cm³/mol. The highest BCUT2D eigenvalue weighted by Crippen LogP contribution is 2.21. The van der Waals surface area contributed by atoms with Gasteiger partial charge in [0.25, 0.3) is 0 Å². The van der Waals surface area contributed by atoms with Gasteiger partial charge >= 0.3 is 35.8 Å². The SMILES string of the molecule is CCCCC(CC)COC(=O)c1ccccc1C(=O)OCC(CC)CCCC.CCCCC(CC)COC(=O)c1ccccc1C(=O)OCC(CC)CCCC.O=C(O)c1ccccc1C(=O)O. The molecule has 4 atom stereocenters. The maximum atomic E-state index is 12.6. The van der Waals surface area contributed by atoms with E-state index in [0.717, 1.165) is 103 Å². The van der Waals surface area contributed by atoms with Crippen LogP contribution < -0.4 is 0 Å². The van der Waals surface area contributed by atoms with Gasteiger partial charge in [0.15, 0.2) is 0 Å². The number of carboxylic acid groups (broad SMARTS) is 2. The van der Waals surface area contributed by atoms with Crippen LogP contribution in [0.2, 0.25) is 0 Å². The molecule has 0 spiro atoms. The molecule has 12 nitrogen and oxygen atoms in total. The Morgan fingerprint density at radius 2 is 0.544 bits per heavy atom. The van der Waals surface area contributed by atoms with Gasteiger partial charge in [-0.2, -0.15) is 0 Å². The van der Waals surface area contributed by atoms with E-state index in [4.69, 9.17) is 29.2 Å². The zero-order valence-electron chi connectivity index (χ0n) is 42.4. The molecule has 0 aliphatic heterocycles. The molecule has 0 radical (unpaired) electrons. The lowest BCUT2D eigenvalue weighted by molar-refractivity contribution is 0.0381. The van der Waals surface area contributed by atoms with Crippen molar-refractivity contribution in [1.82, 2.24) is 0 Å². The number of aromatic carboxylic acids is 2. The molecular weight excluding hydrogens is 865 g/mol. The monoisotopic (exact) mass is 947 g/mol. The summed E-state index contributed by atoms with van der Waals surface area (Å²) in [5, 5.41) is 17.1. The van der Waals surface area contributed by atoms with E-state index in [1.54, 1.807) is 48.5 Å². The Bertz CT molecular complexity index is 1680. The summed E-state index contributed by atoms with van der Waals surface area (Å²) in [6, 6.07) is 19.0. The lowest BCUT2D eigenvalue weighted by Gasteiger charge is -2.17. The van der Waals surface area contributed by atoms with Crippen LogP contribution >= 0.6 is 0 Å². The number of carbonyl (C=O) groups is 6. The van der Waals surface area contributed by atoms with E-state index in [-0.39, 0.29) is 11.1 Å². The summed E-state index contributed by atoms with van der Waals surface area (Å²) >= 11 is 0. The van der Waals surface area contributed by atoms with Gasteiger partial charge in [-0.25, -0.2) is 28.8 Å². The summed E-state index contributed by atoms with van der Waals surface area (Å²) in [6.07, 6.45) is 17.2. The molecule has 0 bridgehead atoms. The maximum absolute atomic E-state index is 12.6. The second-order valence-electron chi connectivity index (χ2n) is 17.3. The number of hydrogen-bond donors (Lipinski definition) is 2. The lowest BCUT2D eigenvalue weighted by Crippen LogP contribution is -2.19. The van der Waals surface area contributed by atoms with Crippen molar-refractivity contribution in [2.75, 3.05) is 26.4 Å². The largest absolute Gasteiger partial charge is 0.478 e. The molecule has 0 saturated carbocycles. The normalized spacial score (nSPS) is 12.4. The predicted octanol–water partition coefficient (Wildman–Crippen LogP) is 13.9. The summed E-state index contributed by atoms with van der Waals surface area (Å²) in [5.74, 6) is -2.76. The first-order valence-electron chi connectivity index (χ1n) is 25.2. The van der Waals surface area contributed by atoms with Crippen LogP contribution in [0, 0.1) is 23.7 Å². The summed E-state index contributed by atoms with van der Waals surface area (Å²) in [7, 11) is 0. The summed E-state index contributed by atoms with van der Waals surface area (Å²) in [6.45, 7) is 18.7. The first kappa shape index (κ1) is 60.5. The number of carbonyl (C=O) groups excluding carboxylic acids is 4. The van der Waals surface area contributed by atoms with E-state index in [1.807, 2.05) is 0 Å². The molecule has 3 aromatic carbocycles. The highest BCUT2D eigenvalue weighted by Gasteiger charge is 2.23. The van der Waals surface area contributed by atoms with Crippen molar-refractivity contribution in [1.29, 1.82) is 0 Å². The fourth-order valence-electron chi connectivity index (χ4n) is 7.21. The molecule has 3 aromatic rings. The number of rotatable bonds is 30. The summed E-state index contributed by atoms with van der Waals surface area (Å²) in [4.78, 5) is 71.2. The lowest BCUT2D eigenvalue weighted by atomic mass is 10.0. The maximum Gasteiger partial charge on any atom is 0.339 e. The van der Waals surface area contributed by atoms with Crippen LogP contribution in [0.3, 0.4) is 0 Å². The molecule has 0 aliphatic carbocycles. The Balaban J connectivity index is 0.000000549. The molecule has 2 N–H and O–H groups in total. The quantitative estimate of drug-likeness (QED) is 0.0478. The molecular formula is C56H82O12. The topological polar surface area (TPSA) is 180 Å². The number of carboxylic acids is 2. The molecule has 0 aromatic heterocycles. The van der Waals surface area contributed by atoms with Gasteiger partial charge in [-0.1, -0.05) is 169 Å². The third kappa shape index (κ3) is 23.5. The van der Waals surface area contributed by atoms with Gasteiger partial charge in [0.1, 0.15) is 0 Å². The van der Waals surface area contributed by atoms with Crippen LogP contribution in [-0.2, 0) is 18.9 Å². The van der Waals surface area contributed by atoms with E-state index in [0.29, 0.717) is 72.4 Å². The number of hydrogen-bond acceptors (Lipinski definition) is 10. The molecule has 12 heteroatoms. The fraction of sp³-hybridized carbons (Fsp3) is 0.571. The molecule has 0 saturated heterocycles. The third-order valence-corrected chi connectivity index (χ3v) is 12.1. The molecule has 0 aliphatic rings. The van der Waals surface area contributed by atoms with Gasteiger partial charge in [-0.05, 0) is 85.8 Å². The van der Waals surface area contributed by atoms with E-state index in [2.05, 4.69) is 55.4 Å². The summed E-state index contributed by atoms with van der Waals surface area (Å²) in [5.41, 5.74) is 0.785. The van der Waals surface area contributed by atoms with Crippen LogP contribution in [0.5, 0.6) is 0 Å². The molecule has 0 fully saturated rings. The Morgan fingerprint density at radius 3 is 0.706 bits per heavy atom. The number of benzene rings is 3. The summed E-state index contributed by atoms with van der Waals surface area (Å²) < 4.78 is 22.1. The first-order valence-corrected chi connectivity index (χ1v) is 25.2. The van der Waals surface area contributed by atoms with Crippen LogP contribution in [0.15, 0.2) is 72.8 Å². The number of unbranched alkanes of at least 4 members (excludes halogenated alkanes) is 4. The van der Waals surface area contributed by atoms with Crippen molar-refractivity contribution >= 4 is 35.8 Å². The molecule has 378 valence electrons. The van der Waals surface area contributed by atoms with Crippen molar-refractivity contribution in [3.05, 3.63) is 106 Å². The van der Waals surface area contributed by atoms with E-state index < -0.39 is 35.8 Å². The van der Waals surface area contributed by atoms with Crippen LogP contribution in [-0.4, -0.2) is 72.5 Å². The minimum absolute atomic E-state index is 0.190. The van der Waals surface area contributed by atoms with Crippen molar-refractivity contribution in [2.24, 2.45) is 23.7 Å². The van der Waals surface area contributed by atoms with Crippen LogP contribution in [0.1, 0.15) is 220 Å². The highest BCUT2D eigenvalue weighted by molar-refractivity contribution is 6.04. The van der Waals surface area contributed by atoms with Gasteiger partial charge in [-0.3, -0.25) is 0 Å². The van der Waals surface area contributed by atoms with Gasteiger partial charge < -0.3 is 29.2 Å². The second kappa shape index (κ2) is 36.5. The van der Waals surface area contributed by atoms with Gasteiger partial charge in [0.2, 0.25) is 0 Å². The van der Waals surface area contributed by atoms with E-state index in [1.165, 1.54) is 24.3 Å². The van der Waals surface area contributed by atoms with Gasteiger partial charge in [0, 0.05) is 0 Å². The number of esters is 4. The van der Waals surface area contributed by atoms with E-state index in [9.17, 15) is 28.8 Å². The van der Waals surface area contributed by atoms with Crippen molar-refractivity contribution in [2.45, 2.75) is 158 Å². The molecule has 0 amide bonds. The van der Waals surface area contributed by atoms with Crippen molar-refractivity contribution < 1.29 is 57.9 Å². The van der Waals surface area contributed by atoms with E-state index >= 15 is 0 Å². The average molecular weight is 947 g/mol. The minimum Gasteiger partial charge on any atom is -0.478 e. The smallest absolute Gasteiger partial charge is 0.339 e. The fourth-order valence-corrected chi connectivity index (χ4v) is 7.21. The van der Waals surface area contributed by atoms with Crippen molar-refractivity contribution in [3.8, 4) is 0 Å². The third-order valence-electron chi connectivity index (χ3n) is 12.1. The minimum atomic E-state index is -1.23. The molecule has 0 heterocycles. The molecule has 4 unspecified atom stereocenters. The Kier molecular flexibility index (Phi) is 32.5. The highest BCUT2D eigenvalue weighted by atomic mass is 16.5. The number of ether oxygens (including phenoxy) is 4. The van der Waals surface area contributed by atoms with Gasteiger partial charge in [-0.15, -0.1) is 0 Å². The van der Waals surface area contributed by atoms with Crippen molar-refractivity contribution in [3.63, 3.8) is 0 Å². The zero-order valence-corrected chi connectivity index (χ0v) is 42.4. The standard InChI is InChI=1S/2C24H38O4.C8H6O4/c2*1-5-9-13-19(7-3)17-27-23(25)21-15-11-12-16-22(21)24(26)28-18-20(8-4)14-10-6-2;9-7(10)5-3-1-2-4-6(5)8(11)12/h2*11-12,15-16,19-20H,5-10,13-14,17-18H2,1-4H3;1-4H,(H,9,10)(H,11,12). The Morgan fingerprint density at radius 1 is 0.353 bits per heavy atom. The molecule has 3 rings (SSSR count).